The van der Waals surface area contributed by atoms with Gasteiger partial charge in [0.1, 0.15) is 13.2 Å². The Morgan fingerprint density at radius 3 is 0.602 bits per heavy atom. The number of ether oxygens (including phenoxy) is 3. The van der Waals surface area contributed by atoms with E-state index in [0.717, 1.165) is 57.8 Å². The molecule has 0 saturated carbocycles. The molecule has 83 heavy (non-hydrogen) atoms. The zero-order chi connectivity index (χ0) is 59.9. The Bertz CT molecular complexity index is 1300. The van der Waals surface area contributed by atoms with Gasteiger partial charge in [-0.15, -0.1) is 0 Å². The molecule has 0 heterocycles. The van der Waals surface area contributed by atoms with Crippen molar-refractivity contribution < 1.29 is 28.6 Å². The minimum atomic E-state index is -0.768. The lowest BCUT2D eigenvalue weighted by atomic mass is 10.0. The summed E-state index contributed by atoms with van der Waals surface area (Å²) < 4.78 is 17.1. The predicted molar refractivity (Wildman–Crippen MR) is 363 cm³/mol. The lowest BCUT2D eigenvalue weighted by Gasteiger charge is -2.18. The fraction of sp³-hybridized carbons (Fsp3) is 0.935. The number of hydrogen-bond donors (Lipinski definition) is 0. The Kier molecular flexibility index (Phi) is 71.0. The van der Waals surface area contributed by atoms with Crippen LogP contribution in [0, 0.1) is 0 Å². The quantitative estimate of drug-likeness (QED) is 0.0261. The summed E-state index contributed by atoms with van der Waals surface area (Å²) in [5.74, 6) is -0.823. The molecule has 0 aliphatic carbocycles. The van der Waals surface area contributed by atoms with Gasteiger partial charge >= 0.3 is 17.9 Å². The molecule has 0 radical (unpaired) electrons. The van der Waals surface area contributed by atoms with Crippen LogP contribution in [0.3, 0.4) is 0 Å². The highest BCUT2D eigenvalue weighted by Gasteiger charge is 2.20. The first-order valence-electron chi connectivity index (χ1n) is 38.2. The first-order chi connectivity index (χ1) is 41.0. The first kappa shape index (κ1) is 81.2. The molecule has 1 atom stereocenters. The van der Waals surface area contributed by atoms with Crippen molar-refractivity contribution in [3.05, 3.63) is 12.2 Å². The molecule has 0 N–H and O–H groups in total. The van der Waals surface area contributed by atoms with Crippen LogP contribution in [-0.2, 0) is 28.6 Å². The Balaban J connectivity index is 4.27. The molecule has 6 nitrogen and oxygen atoms in total. The molecule has 0 bridgehead atoms. The van der Waals surface area contributed by atoms with E-state index in [0.29, 0.717) is 19.3 Å². The van der Waals surface area contributed by atoms with Crippen LogP contribution in [0.5, 0.6) is 0 Å². The molecule has 0 rings (SSSR count). The number of carbonyl (C=O) groups excluding carboxylic acids is 3. The van der Waals surface area contributed by atoms with Crippen molar-refractivity contribution in [1.29, 1.82) is 0 Å². The second-order valence-corrected chi connectivity index (χ2v) is 26.3. The zero-order valence-corrected chi connectivity index (χ0v) is 56.8. The minimum absolute atomic E-state index is 0.0629. The van der Waals surface area contributed by atoms with Crippen LogP contribution in [0.2, 0.25) is 0 Å². The van der Waals surface area contributed by atoms with Crippen LogP contribution in [0.1, 0.15) is 445 Å². The van der Waals surface area contributed by atoms with Gasteiger partial charge in [0.25, 0.3) is 0 Å². The fourth-order valence-corrected chi connectivity index (χ4v) is 12.0. The Morgan fingerprint density at radius 1 is 0.229 bits per heavy atom. The Hall–Kier alpha value is -1.85. The number of esters is 3. The van der Waals surface area contributed by atoms with Gasteiger partial charge in [0.15, 0.2) is 6.10 Å². The Labute approximate surface area is 520 Å². The number of allylic oxidation sites excluding steroid dienone is 2. The molecule has 0 spiro atoms. The van der Waals surface area contributed by atoms with Crippen molar-refractivity contribution in [2.24, 2.45) is 0 Å². The van der Waals surface area contributed by atoms with E-state index in [4.69, 9.17) is 14.2 Å². The van der Waals surface area contributed by atoms with Crippen molar-refractivity contribution >= 4 is 17.9 Å². The Morgan fingerprint density at radius 2 is 0.398 bits per heavy atom. The largest absolute Gasteiger partial charge is 0.462 e. The molecule has 0 aromatic carbocycles. The standard InChI is InChI=1S/C77H148O6/c1-4-7-10-13-16-19-22-25-28-31-34-36-38-40-43-46-49-52-55-58-61-64-67-70-76(79)82-73-74(72-81-75(78)69-66-63-60-57-54-51-48-45-42-33-30-27-24-21-18-15-12-9-6-3)83-77(80)71-68-65-62-59-56-53-50-47-44-41-39-37-35-32-29-26-23-20-17-14-11-8-5-2/h27,30,74H,4-26,28-29,31-73H2,1-3H3/b30-27-. The third kappa shape index (κ3) is 70.8. The molecule has 0 aromatic heterocycles. The van der Waals surface area contributed by atoms with Crippen molar-refractivity contribution in [1.82, 2.24) is 0 Å². The number of carbonyl (C=O) groups is 3. The van der Waals surface area contributed by atoms with Gasteiger partial charge in [-0.1, -0.05) is 392 Å². The molecule has 492 valence electrons. The average molecular weight is 1170 g/mol. The molecule has 0 amide bonds. The van der Waals surface area contributed by atoms with Crippen LogP contribution in [0.4, 0.5) is 0 Å². The smallest absolute Gasteiger partial charge is 0.306 e. The average Bonchev–Trinajstić information content (AvgIpc) is 3.49. The SMILES string of the molecule is CCCCCCCC/C=C\CCCCCCCCCCCC(=O)OCC(COC(=O)CCCCCCCCCCCCCCCCCCCCCCCCC)OC(=O)CCCCCCCCCCCCCCCCCCCCCCCCC. The van der Waals surface area contributed by atoms with Gasteiger partial charge in [0.2, 0.25) is 0 Å². The minimum Gasteiger partial charge on any atom is -0.462 e. The van der Waals surface area contributed by atoms with Crippen LogP contribution in [0.15, 0.2) is 12.2 Å². The molecular formula is C77H148O6. The number of hydrogen-bond acceptors (Lipinski definition) is 6. The first-order valence-corrected chi connectivity index (χ1v) is 38.2. The third-order valence-corrected chi connectivity index (χ3v) is 17.8. The topological polar surface area (TPSA) is 78.9 Å². The van der Waals surface area contributed by atoms with Gasteiger partial charge in [-0.25, -0.2) is 0 Å². The predicted octanol–water partition coefficient (Wildman–Crippen LogP) is 26.3. The van der Waals surface area contributed by atoms with Gasteiger partial charge in [-0.05, 0) is 44.9 Å². The molecule has 6 heteroatoms. The molecule has 1 unspecified atom stereocenters. The van der Waals surface area contributed by atoms with E-state index in [1.165, 1.54) is 347 Å². The highest BCUT2D eigenvalue weighted by Crippen LogP contribution is 2.20. The molecule has 0 aromatic rings. The van der Waals surface area contributed by atoms with Crippen molar-refractivity contribution in [2.75, 3.05) is 13.2 Å². The van der Waals surface area contributed by atoms with E-state index in [9.17, 15) is 14.4 Å². The van der Waals surface area contributed by atoms with E-state index in [2.05, 4.69) is 32.9 Å². The van der Waals surface area contributed by atoms with E-state index in [1.807, 2.05) is 0 Å². The van der Waals surface area contributed by atoms with Crippen molar-refractivity contribution in [3.8, 4) is 0 Å². The maximum absolute atomic E-state index is 13.0. The van der Waals surface area contributed by atoms with Gasteiger partial charge in [0.05, 0.1) is 0 Å². The monoisotopic (exact) mass is 1170 g/mol. The summed E-state index contributed by atoms with van der Waals surface area (Å²) in [5.41, 5.74) is 0. The third-order valence-electron chi connectivity index (χ3n) is 17.8. The summed E-state index contributed by atoms with van der Waals surface area (Å²) in [5, 5.41) is 0. The van der Waals surface area contributed by atoms with Gasteiger partial charge in [-0.3, -0.25) is 14.4 Å². The van der Waals surface area contributed by atoms with E-state index in [-0.39, 0.29) is 31.1 Å². The van der Waals surface area contributed by atoms with Crippen molar-refractivity contribution in [3.63, 3.8) is 0 Å². The molecule has 0 saturated heterocycles. The summed E-state index contributed by atoms with van der Waals surface area (Å²) in [4.78, 5) is 38.6. The normalized spacial score (nSPS) is 12.0. The number of unbranched alkanes of at least 4 members (excludes halogenated alkanes) is 59. The van der Waals surface area contributed by atoms with Crippen LogP contribution in [0.25, 0.3) is 0 Å². The van der Waals surface area contributed by atoms with E-state index in [1.54, 1.807) is 0 Å². The summed E-state index contributed by atoms with van der Waals surface area (Å²) in [6.45, 7) is 6.75. The lowest BCUT2D eigenvalue weighted by molar-refractivity contribution is -0.167. The summed E-state index contributed by atoms with van der Waals surface area (Å²) in [6, 6.07) is 0. The van der Waals surface area contributed by atoms with E-state index >= 15 is 0 Å². The van der Waals surface area contributed by atoms with Gasteiger partial charge in [-0.2, -0.15) is 0 Å². The lowest BCUT2D eigenvalue weighted by Crippen LogP contribution is -2.30. The number of rotatable bonds is 72. The highest BCUT2D eigenvalue weighted by atomic mass is 16.6. The van der Waals surface area contributed by atoms with Crippen molar-refractivity contribution in [2.45, 2.75) is 451 Å². The summed E-state index contributed by atoms with van der Waals surface area (Å²) in [6.07, 6.45) is 88.3. The maximum atomic E-state index is 13.0. The van der Waals surface area contributed by atoms with Gasteiger partial charge in [0, 0.05) is 19.3 Å². The van der Waals surface area contributed by atoms with E-state index < -0.39 is 6.10 Å². The molecule has 0 aliphatic heterocycles. The van der Waals surface area contributed by atoms with Crippen LogP contribution < -0.4 is 0 Å². The van der Waals surface area contributed by atoms with Crippen LogP contribution >= 0.6 is 0 Å². The summed E-state index contributed by atoms with van der Waals surface area (Å²) >= 11 is 0. The summed E-state index contributed by atoms with van der Waals surface area (Å²) in [7, 11) is 0. The fourth-order valence-electron chi connectivity index (χ4n) is 12.0. The zero-order valence-electron chi connectivity index (χ0n) is 56.8. The maximum Gasteiger partial charge on any atom is 0.306 e. The second-order valence-electron chi connectivity index (χ2n) is 26.3. The molecule has 0 aliphatic rings. The van der Waals surface area contributed by atoms with Gasteiger partial charge < -0.3 is 14.2 Å². The second kappa shape index (κ2) is 72.6. The highest BCUT2D eigenvalue weighted by molar-refractivity contribution is 5.71. The molecule has 0 fully saturated rings. The van der Waals surface area contributed by atoms with Crippen LogP contribution in [-0.4, -0.2) is 37.2 Å². The molecular weight excluding hydrogens is 1020 g/mol.